The average molecular weight is 494 g/mol. The van der Waals surface area contributed by atoms with Crippen LogP contribution in [0.15, 0.2) is 76.3 Å². The summed E-state index contributed by atoms with van der Waals surface area (Å²) in [5, 5.41) is 23.9. The molecule has 2 aromatic heterocycles. The third-order valence-electron chi connectivity index (χ3n) is 4.86. The predicted molar refractivity (Wildman–Crippen MR) is 129 cm³/mol. The van der Waals surface area contributed by atoms with Gasteiger partial charge < -0.3 is 14.5 Å². The minimum absolute atomic E-state index is 0.325. The second kappa shape index (κ2) is 9.54. The summed E-state index contributed by atoms with van der Waals surface area (Å²) in [6.45, 7) is 0. The highest BCUT2D eigenvalue weighted by Gasteiger charge is 2.24. The summed E-state index contributed by atoms with van der Waals surface area (Å²) < 4.78 is 11.3. The molecule has 0 radical (unpaired) electrons. The molecule has 0 amide bonds. The number of hydrogen-bond acceptors (Lipinski definition) is 9. The lowest BCUT2D eigenvalue weighted by molar-refractivity contribution is -0.402. The summed E-state index contributed by atoms with van der Waals surface area (Å²) in [5.41, 5.74) is 3.19. The molecule has 9 nitrogen and oxygen atoms in total. The van der Waals surface area contributed by atoms with Gasteiger partial charge in [0.15, 0.2) is 11.9 Å². The minimum Gasteiger partial charge on any atom is -0.448 e. The van der Waals surface area contributed by atoms with Gasteiger partial charge in [-0.25, -0.2) is 0 Å². The molecule has 170 valence electrons. The zero-order valence-corrected chi connectivity index (χ0v) is 19.0. The highest BCUT2D eigenvalue weighted by Crippen LogP contribution is 2.36. The predicted octanol–water partition coefficient (Wildman–Crippen LogP) is 5.83. The Morgan fingerprint density at radius 1 is 1.12 bits per heavy atom. The molecule has 0 spiro atoms. The SMILES string of the molecule is O=[N+]([O-])c1ccc(/C=C/[C@@H]2Nc3ccccc3-c3nnc(SCc4ccc(Cl)cc4)nc3O2)o1. The van der Waals surface area contributed by atoms with E-state index in [1.54, 1.807) is 12.2 Å². The van der Waals surface area contributed by atoms with E-state index in [-0.39, 0.29) is 5.88 Å². The number of ether oxygens (including phenoxy) is 1. The fraction of sp³-hybridized carbons (Fsp3) is 0.0870. The monoisotopic (exact) mass is 493 g/mol. The first kappa shape index (κ1) is 21.9. The number of hydrogen-bond donors (Lipinski definition) is 1. The number of furan rings is 1. The molecule has 34 heavy (non-hydrogen) atoms. The Bertz CT molecular complexity index is 1380. The largest absolute Gasteiger partial charge is 0.448 e. The summed E-state index contributed by atoms with van der Waals surface area (Å²) in [6.07, 6.45) is 2.66. The third-order valence-corrected chi connectivity index (χ3v) is 6.02. The van der Waals surface area contributed by atoms with Crippen LogP contribution in [0.4, 0.5) is 11.6 Å². The Kier molecular flexibility index (Phi) is 6.15. The Labute approximate surface area is 203 Å². The lowest BCUT2D eigenvalue weighted by atomic mass is 10.1. The fourth-order valence-electron chi connectivity index (χ4n) is 3.26. The molecule has 1 aliphatic heterocycles. The molecule has 5 rings (SSSR count). The van der Waals surface area contributed by atoms with Crippen molar-refractivity contribution in [2.75, 3.05) is 5.32 Å². The fourth-order valence-corrected chi connectivity index (χ4v) is 4.12. The van der Waals surface area contributed by atoms with Gasteiger partial charge in [0.2, 0.25) is 11.0 Å². The van der Waals surface area contributed by atoms with E-state index in [9.17, 15) is 10.1 Å². The number of nitrogens with zero attached hydrogens (tertiary/aromatic N) is 4. The first-order chi connectivity index (χ1) is 16.5. The van der Waals surface area contributed by atoms with Crippen molar-refractivity contribution >= 4 is 41.0 Å². The Morgan fingerprint density at radius 3 is 2.74 bits per heavy atom. The van der Waals surface area contributed by atoms with Crippen LogP contribution in [0, 0.1) is 10.1 Å². The van der Waals surface area contributed by atoms with Crippen molar-refractivity contribution in [3.63, 3.8) is 0 Å². The summed E-state index contributed by atoms with van der Waals surface area (Å²) >= 11 is 7.39. The molecule has 0 saturated heterocycles. The Morgan fingerprint density at radius 2 is 1.94 bits per heavy atom. The molecule has 0 bridgehead atoms. The number of thioether (sulfide) groups is 1. The first-order valence-corrected chi connectivity index (χ1v) is 11.5. The van der Waals surface area contributed by atoms with Gasteiger partial charge in [0.1, 0.15) is 10.7 Å². The van der Waals surface area contributed by atoms with Gasteiger partial charge in [-0.3, -0.25) is 10.1 Å². The van der Waals surface area contributed by atoms with Gasteiger partial charge in [-0.15, -0.1) is 10.2 Å². The normalized spacial score (nSPS) is 14.6. The van der Waals surface area contributed by atoms with Gasteiger partial charge in [-0.2, -0.15) is 4.98 Å². The van der Waals surface area contributed by atoms with Crippen LogP contribution >= 0.6 is 23.4 Å². The van der Waals surface area contributed by atoms with Gasteiger partial charge in [-0.1, -0.05) is 53.7 Å². The molecule has 0 aliphatic carbocycles. The van der Waals surface area contributed by atoms with Gasteiger partial charge in [0.05, 0.1) is 6.07 Å². The molecular formula is C23H16ClN5O4S. The van der Waals surface area contributed by atoms with E-state index in [1.807, 2.05) is 48.5 Å². The van der Waals surface area contributed by atoms with Crippen LogP contribution in [-0.2, 0) is 5.75 Å². The van der Waals surface area contributed by atoms with Crippen LogP contribution in [0.5, 0.6) is 5.88 Å². The lowest BCUT2D eigenvalue weighted by Gasteiger charge is -2.15. The molecule has 4 aromatic rings. The summed E-state index contributed by atoms with van der Waals surface area (Å²) in [4.78, 5) is 14.9. The highest BCUT2D eigenvalue weighted by atomic mass is 35.5. The molecule has 2 aromatic carbocycles. The van der Waals surface area contributed by atoms with E-state index < -0.39 is 11.2 Å². The minimum atomic E-state index is -0.627. The second-order valence-electron chi connectivity index (χ2n) is 7.18. The van der Waals surface area contributed by atoms with Crippen LogP contribution in [0.25, 0.3) is 17.3 Å². The van der Waals surface area contributed by atoms with E-state index in [4.69, 9.17) is 20.8 Å². The Hall–Kier alpha value is -3.89. The number of fused-ring (bicyclic) bond motifs is 3. The number of halogens is 1. The van der Waals surface area contributed by atoms with Crippen LogP contribution in [0.1, 0.15) is 11.3 Å². The average Bonchev–Trinajstić information content (AvgIpc) is 3.26. The number of rotatable bonds is 6. The number of nitrogens with one attached hydrogen (secondary N) is 1. The van der Waals surface area contributed by atoms with Gasteiger partial charge in [-0.05, 0) is 42.0 Å². The summed E-state index contributed by atoms with van der Waals surface area (Å²) in [7, 11) is 0. The lowest BCUT2D eigenvalue weighted by Crippen LogP contribution is -2.23. The molecule has 11 heteroatoms. The Balaban J connectivity index is 1.41. The van der Waals surface area contributed by atoms with Crippen LogP contribution < -0.4 is 10.1 Å². The van der Waals surface area contributed by atoms with Crippen LogP contribution in [0.3, 0.4) is 0 Å². The molecule has 3 heterocycles. The van der Waals surface area contributed by atoms with Gasteiger partial charge in [0, 0.05) is 22.0 Å². The van der Waals surface area contributed by atoms with Gasteiger partial charge in [0.25, 0.3) is 0 Å². The van der Waals surface area contributed by atoms with Crippen molar-refractivity contribution in [1.29, 1.82) is 0 Å². The van der Waals surface area contributed by atoms with E-state index >= 15 is 0 Å². The molecule has 0 saturated carbocycles. The van der Waals surface area contributed by atoms with E-state index in [2.05, 4.69) is 20.5 Å². The molecule has 1 atom stereocenters. The first-order valence-electron chi connectivity index (χ1n) is 10.1. The maximum absolute atomic E-state index is 10.9. The quantitative estimate of drug-likeness (QED) is 0.201. The van der Waals surface area contributed by atoms with Crippen molar-refractivity contribution in [3.8, 4) is 17.1 Å². The van der Waals surface area contributed by atoms with E-state index in [0.717, 1.165) is 16.8 Å². The zero-order valence-electron chi connectivity index (χ0n) is 17.4. The molecule has 1 N–H and O–H groups in total. The second-order valence-corrected chi connectivity index (χ2v) is 8.56. The highest BCUT2D eigenvalue weighted by molar-refractivity contribution is 7.98. The van der Waals surface area contributed by atoms with Crippen molar-refractivity contribution in [2.45, 2.75) is 17.1 Å². The summed E-state index contributed by atoms with van der Waals surface area (Å²) in [5.74, 6) is 0.970. The van der Waals surface area contributed by atoms with Crippen LogP contribution in [0.2, 0.25) is 5.02 Å². The summed E-state index contributed by atoms with van der Waals surface area (Å²) in [6, 6.07) is 18.0. The number of benzene rings is 2. The maximum Gasteiger partial charge on any atom is 0.433 e. The number of anilines is 1. The van der Waals surface area contributed by atoms with Crippen molar-refractivity contribution in [2.24, 2.45) is 0 Å². The maximum atomic E-state index is 10.9. The smallest absolute Gasteiger partial charge is 0.433 e. The molecule has 0 unspecified atom stereocenters. The molecule has 1 aliphatic rings. The van der Waals surface area contributed by atoms with Gasteiger partial charge >= 0.3 is 5.88 Å². The van der Waals surface area contributed by atoms with Crippen LogP contribution in [-0.4, -0.2) is 26.3 Å². The van der Waals surface area contributed by atoms with Crippen molar-refractivity contribution in [1.82, 2.24) is 15.2 Å². The molecular weight excluding hydrogens is 478 g/mol. The topological polar surface area (TPSA) is 116 Å². The molecule has 0 fully saturated rings. The van der Waals surface area contributed by atoms with E-state index in [1.165, 1.54) is 23.9 Å². The number of para-hydroxylation sites is 1. The van der Waals surface area contributed by atoms with E-state index in [0.29, 0.717) is 33.3 Å². The standard InChI is InChI=1S/C23H16ClN5O4S/c24-15-7-5-14(6-8-15)13-34-23-26-22-21(27-28-23)17-3-1-2-4-18(17)25-19(33-22)11-9-16-10-12-20(32-16)29(30)31/h1-12,19,25H,13H2/b11-9+/t19-/m1/s1. The number of aromatic nitrogens is 3. The zero-order chi connectivity index (χ0) is 23.5. The van der Waals surface area contributed by atoms with Crippen molar-refractivity contribution in [3.05, 3.63) is 93.2 Å². The number of nitro groups is 1. The van der Waals surface area contributed by atoms with Crippen molar-refractivity contribution < 1.29 is 14.1 Å². The third kappa shape index (κ3) is 4.87.